The lowest BCUT2D eigenvalue weighted by Crippen LogP contribution is -2.38. The van der Waals surface area contributed by atoms with Crippen molar-refractivity contribution in [2.75, 3.05) is 30.9 Å². The summed E-state index contributed by atoms with van der Waals surface area (Å²) in [6, 6.07) is 4.95. The standard InChI is InChI=1S/C18H25N5O3/c1-12-4-6-13(7-5-12)21-18(24)14-10-17(23(25)26)15(20-2)11-16(14)22(3)9-8-19/h10-13,20H,4-7,9H2,1-3H3,(H,21,24). The molecule has 1 amide bonds. The van der Waals surface area contributed by atoms with Crippen LogP contribution < -0.4 is 15.5 Å². The van der Waals surface area contributed by atoms with Gasteiger partial charge >= 0.3 is 0 Å². The molecule has 0 saturated heterocycles. The van der Waals surface area contributed by atoms with Crippen molar-refractivity contribution in [1.29, 1.82) is 5.26 Å². The SMILES string of the molecule is CNc1cc(N(C)CC#N)c(C(=O)NC2CCC(C)CC2)cc1[N+](=O)[O-]. The molecule has 0 heterocycles. The number of nitriles is 1. The van der Waals surface area contributed by atoms with Gasteiger partial charge in [-0.2, -0.15) is 5.26 Å². The third-order valence-corrected chi connectivity index (χ3v) is 4.89. The lowest BCUT2D eigenvalue weighted by molar-refractivity contribution is -0.383. The van der Waals surface area contributed by atoms with Crippen LogP contribution in [0, 0.1) is 27.4 Å². The van der Waals surface area contributed by atoms with Gasteiger partial charge in [-0.1, -0.05) is 6.92 Å². The molecule has 0 radical (unpaired) electrons. The van der Waals surface area contributed by atoms with Crippen LogP contribution in [0.5, 0.6) is 0 Å². The number of hydrogen-bond acceptors (Lipinski definition) is 6. The fraction of sp³-hybridized carbons (Fsp3) is 0.556. The van der Waals surface area contributed by atoms with Crippen LogP contribution in [0.15, 0.2) is 12.1 Å². The van der Waals surface area contributed by atoms with Crippen molar-refractivity contribution in [2.24, 2.45) is 5.92 Å². The summed E-state index contributed by atoms with van der Waals surface area (Å²) in [5, 5.41) is 26.1. The van der Waals surface area contributed by atoms with Crippen molar-refractivity contribution >= 4 is 23.0 Å². The Morgan fingerprint density at radius 3 is 2.58 bits per heavy atom. The molecule has 26 heavy (non-hydrogen) atoms. The van der Waals surface area contributed by atoms with Crippen molar-refractivity contribution in [1.82, 2.24) is 5.32 Å². The molecule has 0 bridgehead atoms. The molecule has 1 saturated carbocycles. The molecule has 0 aliphatic heterocycles. The zero-order chi connectivity index (χ0) is 19.3. The van der Waals surface area contributed by atoms with E-state index in [0.717, 1.165) is 25.7 Å². The second kappa shape index (κ2) is 8.52. The number of nitro benzene ring substituents is 1. The molecule has 2 N–H and O–H groups in total. The minimum atomic E-state index is -0.515. The fourth-order valence-corrected chi connectivity index (χ4v) is 3.28. The molecule has 8 nitrogen and oxygen atoms in total. The third-order valence-electron chi connectivity index (χ3n) is 4.89. The van der Waals surface area contributed by atoms with Gasteiger partial charge in [-0.15, -0.1) is 0 Å². The van der Waals surface area contributed by atoms with Gasteiger partial charge in [0.15, 0.2) is 0 Å². The molecule has 0 spiro atoms. The molecule has 0 atom stereocenters. The number of nitrogens with zero attached hydrogens (tertiary/aromatic N) is 3. The maximum absolute atomic E-state index is 12.8. The van der Waals surface area contributed by atoms with Crippen LogP contribution >= 0.6 is 0 Å². The molecule has 1 aromatic carbocycles. The highest BCUT2D eigenvalue weighted by Crippen LogP contribution is 2.33. The molecule has 140 valence electrons. The molecule has 1 aliphatic rings. The minimum Gasteiger partial charge on any atom is -0.383 e. The van der Waals surface area contributed by atoms with Crippen LogP contribution in [0.3, 0.4) is 0 Å². The first kappa shape index (κ1) is 19.5. The Kier molecular flexibility index (Phi) is 6.39. The predicted molar refractivity (Wildman–Crippen MR) is 100 cm³/mol. The van der Waals surface area contributed by atoms with Crippen LogP contribution in [0.4, 0.5) is 17.1 Å². The Morgan fingerprint density at radius 1 is 1.38 bits per heavy atom. The van der Waals surface area contributed by atoms with E-state index in [9.17, 15) is 14.9 Å². The Morgan fingerprint density at radius 2 is 2.04 bits per heavy atom. The largest absolute Gasteiger partial charge is 0.383 e. The van der Waals surface area contributed by atoms with E-state index in [1.165, 1.54) is 6.07 Å². The highest BCUT2D eigenvalue weighted by Gasteiger charge is 2.26. The van der Waals surface area contributed by atoms with E-state index in [0.29, 0.717) is 17.3 Å². The third kappa shape index (κ3) is 4.42. The number of carbonyl (C=O) groups excluding carboxylic acids is 1. The molecule has 0 aromatic heterocycles. The lowest BCUT2D eigenvalue weighted by Gasteiger charge is -2.28. The lowest BCUT2D eigenvalue weighted by atomic mass is 9.87. The average molecular weight is 359 g/mol. The number of nitrogens with one attached hydrogen (secondary N) is 2. The second-order valence-corrected chi connectivity index (χ2v) is 6.84. The summed E-state index contributed by atoms with van der Waals surface area (Å²) < 4.78 is 0. The van der Waals surface area contributed by atoms with Crippen molar-refractivity contribution in [2.45, 2.75) is 38.6 Å². The maximum Gasteiger partial charge on any atom is 0.293 e. The summed E-state index contributed by atoms with van der Waals surface area (Å²) in [5.41, 5.74) is 0.845. The van der Waals surface area contributed by atoms with Crippen LogP contribution in [0.1, 0.15) is 43.0 Å². The quantitative estimate of drug-likeness (QED) is 0.459. The molecule has 0 unspecified atom stereocenters. The highest BCUT2D eigenvalue weighted by atomic mass is 16.6. The summed E-state index contributed by atoms with van der Waals surface area (Å²) in [4.78, 5) is 25.3. The van der Waals surface area contributed by atoms with Gasteiger partial charge in [0.25, 0.3) is 11.6 Å². The maximum atomic E-state index is 12.8. The van der Waals surface area contributed by atoms with Gasteiger partial charge in [0.2, 0.25) is 0 Å². The van der Waals surface area contributed by atoms with Crippen molar-refractivity contribution < 1.29 is 9.72 Å². The number of anilines is 2. The molecule has 8 heteroatoms. The first-order valence-electron chi connectivity index (χ1n) is 8.76. The Hall–Kier alpha value is -2.82. The number of rotatable bonds is 6. The van der Waals surface area contributed by atoms with E-state index in [-0.39, 0.29) is 29.7 Å². The van der Waals surface area contributed by atoms with E-state index in [4.69, 9.17) is 5.26 Å². The van der Waals surface area contributed by atoms with Crippen molar-refractivity contribution in [3.8, 4) is 6.07 Å². The number of benzene rings is 1. The summed E-state index contributed by atoms with van der Waals surface area (Å²) >= 11 is 0. The summed E-state index contributed by atoms with van der Waals surface area (Å²) in [6.45, 7) is 2.27. The Labute approximate surface area is 153 Å². The molecular weight excluding hydrogens is 334 g/mol. The summed E-state index contributed by atoms with van der Waals surface area (Å²) in [6.07, 6.45) is 3.94. The molecule has 2 rings (SSSR count). The van der Waals surface area contributed by atoms with Gasteiger partial charge in [-0.05, 0) is 37.7 Å². The van der Waals surface area contributed by atoms with Gasteiger partial charge in [0.05, 0.1) is 22.2 Å². The van der Waals surface area contributed by atoms with Crippen molar-refractivity contribution in [3.63, 3.8) is 0 Å². The highest BCUT2D eigenvalue weighted by molar-refractivity contribution is 6.02. The summed E-state index contributed by atoms with van der Waals surface area (Å²) in [5.74, 6) is 0.326. The topological polar surface area (TPSA) is 111 Å². The number of hydrogen-bond donors (Lipinski definition) is 2. The second-order valence-electron chi connectivity index (χ2n) is 6.84. The summed E-state index contributed by atoms with van der Waals surface area (Å²) in [7, 11) is 3.27. The van der Waals surface area contributed by atoms with Gasteiger partial charge in [0.1, 0.15) is 12.2 Å². The number of carbonyl (C=O) groups is 1. The molecule has 1 aliphatic carbocycles. The van der Waals surface area contributed by atoms with Gasteiger partial charge in [-0.25, -0.2) is 0 Å². The first-order valence-corrected chi connectivity index (χ1v) is 8.76. The minimum absolute atomic E-state index is 0.0716. The molecule has 1 fully saturated rings. The van der Waals surface area contributed by atoms with E-state index >= 15 is 0 Å². The van der Waals surface area contributed by atoms with Crippen LogP contribution in [-0.2, 0) is 0 Å². The van der Waals surface area contributed by atoms with E-state index < -0.39 is 4.92 Å². The number of amides is 1. The average Bonchev–Trinajstić information content (AvgIpc) is 2.62. The Bertz CT molecular complexity index is 720. The normalized spacial score (nSPS) is 19.3. The molecule has 1 aromatic rings. The zero-order valence-electron chi connectivity index (χ0n) is 15.4. The van der Waals surface area contributed by atoms with Crippen molar-refractivity contribution in [3.05, 3.63) is 27.8 Å². The van der Waals surface area contributed by atoms with E-state index in [1.807, 2.05) is 6.07 Å². The fourth-order valence-electron chi connectivity index (χ4n) is 3.28. The zero-order valence-corrected chi connectivity index (χ0v) is 15.4. The Balaban J connectivity index is 2.36. The van der Waals surface area contributed by atoms with Gasteiger partial charge < -0.3 is 15.5 Å². The molecular formula is C18H25N5O3. The predicted octanol–water partition coefficient (Wildman–Crippen LogP) is 2.90. The van der Waals surface area contributed by atoms with Gasteiger partial charge in [0, 0.05) is 26.2 Å². The first-order chi connectivity index (χ1) is 12.4. The van der Waals surface area contributed by atoms with E-state index in [1.54, 1.807) is 25.1 Å². The number of nitro groups is 1. The van der Waals surface area contributed by atoms with Crippen LogP contribution in [0.2, 0.25) is 0 Å². The van der Waals surface area contributed by atoms with Crippen LogP contribution in [-0.4, -0.2) is 37.5 Å². The van der Waals surface area contributed by atoms with Crippen LogP contribution in [0.25, 0.3) is 0 Å². The smallest absolute Gasteiger partial charge is 0.293 e. The van der Waals surface area contributed by atoms with E-state index in [2.05, 4.69) is 17.6 Å². The monoisotopic (exact) mass is 359 g/mol. The van der Waals surface area contributed by atoms with Gasteiger partial charge in [-0.3, -0.25) is 14.9 Å².